The van der Waals surface area contributed by atoms with Crippen molar-refractivity contribution in [2.45, 2.75) is 301 Å². The van der Waals surface area contributed by atoms with Crippen molar-refractivity contribution in [3.05, 3.63) is 72.9 Å². The van der Waals surface area contributed by atoms with Crippen molar-refractivity contribution in [1.82, 2.24) is 5.32 Å². The number of aliphatic hydroxyl groups is 5. The summed E-state index contributed by atoms with van der Waals surface area (Å²) in [5.41, 5.74) is 0. The van der Waals surface area contributed by atoms with Gasteiger partial charge >= 0.3 is 5.97 Å². The minimum absolute atomic E-state index is 0.0185. The van der Waals surface area contributed by atoms with E-state index in [2.05, 4.69) is 79.9 Å². The molecule has 0 bridgehead atoms. The molecule has 6 N–H and O–H groups in total. The number of esters is 1. The molecule has 0 radical (unpaired) electrons. The van der Waals surface area contributed by atoms with Crippen LogP contribution in [-0.2, 0) is 23.8 Å². The second kappa shape index (κ2) is 53.1. The van der Waals surface area contributed by atoms with Crippen molar-refractivity contribution in [3.63, 3.8) is 0 Å². The molecular weight excluding hydrogens is 943 g/mol. The van der Waals surface area contributed by atoms with Gasteiger partial charge in [-0.05, 0) is 103 Å². The number of allylic oxidation sites excluding steroid dienone is 11. The van der Waals surface area contributed by atoms with Gasteiger partial charge < -0.3 is 45.1 Å². The number of amides is 1. The molecule has 11 heteroatoms. The van der Waals surface area contributed by atoms with Crippen LogP contribution in [0.1, 0.15) is 258 Å². The molecule has 7 atom stereocenters. The van der Waals surface area contributed by atoms with Crippen LogP contribution in [-0.4, -0.2) is 100 Å². The summed E-state index contributed by atoms with van der Waals surface area (Å²) in [4.78, 5) is 25.0. The molecule has 1 amide bonds. The van der Waals surface area contributed by atoms with Gasteiger partial charge in [0, 0.05) is 12.8 Å². The summed E-state index contributed by atoms with van der Waals surface area (Å²) in [5, 5.41) is 54.2. The fraction of sp³-hybridized carbons (Fsp3) is 0.781. The minimum atomic E-state index is -1.58. The van der Waals surface area contributed by atoms with E-state index in [1.807, 2.05) is 6.08 Å². The van der Waals surface area contributed by atoms with Crippen LogP contribution in [0.25, 0.3) is 0 Å². The summed E-state index contributed by atoms with van der Waals surface area (Å²) in [7, 11) is 0. The van der Waals surface area contributed by atoms with Gasteiger partial charge in [0.25, 0.3) is 0 Å². The Morgan fingerprint density at radius 2 is 0.933 bits per heavy atom. The third-order valence-electron chi connectivity index (χ3n) is 14.0. The maximum absolute atomic E-state index is 13.0. The number of rotatable bonds is 52. The quantitative estimate of drug-likeness (QED) is 0.0195. The van der Waals surface area contributed by atoms with E-state index in [0.717, 1.165) is 96.3 Å². The molecular formula is C64H113NO10. The van der Waals surface area contributed by atoms with E-state index < -0.39 is 49.5 Å². The molecule has 1 aliphatic heterocycles. The van der Waals surface area contributed by atoms with E-state index in [9.17, 15) is 35.1 Å². The summed E-state index contributed by atoms with van der Waals surface area (Å²) in [6, 6.07) is -0.832. The van der Waals surface area contributed by atoms with Crippen LogP contribution < -0.4 is 5.32 Å². The normalized spacial score (nSPS) is 19.3. The second-order valence-corrected chi connectivity index (χ2v) is 21.0. The zero-order valence-electron chi connectivity index (χ0n) is 47.7. The highest BCUT2D eigenvalue weighted by molar-refractivity contribution is 5.76. The molecule has 434 valence electrons. The summed E-state index contributed by atoms with van der Waals surface area (Å²) in [5.74, 6) is -0.221. The largest absolute Gasteiger partial charge is 0.466 e. The lowest BCUT2D eigenvalue weighted by Gasteiger charge is -2.40. The van der Waals surface area contributed by atoms with Crippen LogP contribution in [0.2, 0.25) is 0 Å². The first-order valence-corrected chi connectivity index (χ1v) is 30.7. The fourth-order valence-electron chi connectivity index (χ4n) is 9.11. The van der Waals surface area contributed by atoms with E-state index in [1.54, 1.807) is 6.08 Å². The molecule has 0 aliphatic carbocycles. The number of hydrogen-bond donors (Lipinski definition) is 6. The van der Waals surface area contributed by atoms with Crippen LogP contribution in [0.5, 0.6) is 0 Å². The molecule has 0 aromatic heterocycles. The predicted octanol–water partition coefficient (Wildman–Crippen LogP) is 14.4. The highest BCUT2D eigenvalue weighted by Crippen LogP contribution is 2.23. The zero-order valence-corrected chi connectivity index (χ0v) is 47.7. The first-order chi connectivity index (χ1) is 36.7. The van der Waals surface area contributed by atoms with Crippen LogP contribution in [0.4, 0.5) is 0 Å². The van der Waals surface area contributed by atoms with Gasteiger partial charge in [-0.2, -0.15) is 0 Å². The van der Waals surface area contributed by atoms with Gasteiger partial charge in [-0.1, -0.05) is 215 Å². The fourth-order valence-corrected chi connectivity index (χ4v) is 9.11. The Labute approximate surface area is 458 Å². The summed E-state index contributed by atoms with van der Waals surface area (Å²) < 4.78 is 16.6. The number of ether oxygens (including phenoxy) is 3. The number of unbranched alkanes of at least 4 members (excludes halogenated alkanes) is 28. The van der Waals surface area contributed by atoms with Gasteiger partial charge in [-0.15, -0.1) is 0 Å². The van der Waals surface area contributed by atoms with E-state index in [4.69, 9.17) is 14.2 Å². The second-order valence-electron chi connectivity index (χ2n) is 21.0. The molecule has 75 heavy (non-hydrogen) atoms. The molecule has 0 aromatic carbocycles. The maximum Gasteiger partial charge on any atom is 0.305 e. The van der Waals surface area contributed by atoms with Crippen LogP contribution in [0.3, 0.4) is 0 Å². The van der Waals surface area contributed by atoms with E-state index in [-0.39, 0.29) is 18.5 Å². The SMILES string of the molecule is CCC/C=C\C/C=C\CCCCCCCC(=O)OCCCCCCCCCCC/C=C\C/C=C\CCCCCCCCCCCC(=O)NC(COC1OC(CO)C(O)C(O)C1O)C(O)/C=C/CC/C=C/CCCCC. The lowest BCUT2D eigenvalue weighted by molar-refractivity contribution is -0.302. The molecule has 1 rings (SSSR count). The van der Waals surface area contributed by atoms with Crippen molar-refractivity contribution >= 4 is 11.9 Å². The van der Waals surface area contributed by atoms with E-state index >= 15 is 0 Å². The first kappa shape index (κ1) is 70.1. The third-order valence-corrected chi connectivity index (χ3v) is 14.0. The van der Waals surface area contributed by atoms with Crippen LogP contribution >= 0.6 is 0 Å². The average Bonchev–Trinajstić information content (AvgIpc) is 3.41. The molecule has 0 saturated carbocycles. The maximum atomic E-state index is 13.0. The van der Waals surface area contributed by atoms with Gasteiger partial charge in [0.15, 0.2) is 6.29 Å². The average molecular weight is 1060 g/mol. The highest BCUT2D eigenvalue weighted by Gasteiger charge is 2.44. The van der Waals surface area contributed by atoms with Crippen molar-refractivity contribution in [2.75, 3.05) is 19.8 Å². The molecule has 1 heterocycles. The standard InChI is InChI=1S/C64H113NO10/c1-3-5-7-9-11-13-14-28-32-36-40-44-48-52-60(69)73-53-49-45-41-37-33-30-27-25-23-21-19-17-15-16-18-20-22-24-26-29-31-35-39-43-47-51-59(68)65-56(57(67)50-46-42-38-34-12-10-8-6-4-2)55-74-64-63(72)62(71)61(70)58(54-66)75-64/h7,9,12-14,16-19,34,46,50,56-58,61-64,66-67,70-72H,3-6,8,10-11,15,20-33,35-45,47-49,51-55H2,1-2H3,(H,65,68)/b9-7-,14-13-,18-16-,19-17-,34-12+,50-46+. The Hall–Kier alpha value is -2.90. The molecule has 7 unspecified atom stereocenters. The van der Waals surface area contributed by atoms with Gasteiger partial charge in [0.05, 0.1) is 32.0 Å². The number of carbonyl (C=O) groups excluding carboxylic acids is 2. The first-order valence-electron chi connectivity index (χ1n) is 30.7. The Morgan fingerprint density at radius 1 is 0.493 bits per heavy atom. The van der Waals surface area contributed by atoms with Crippen molar-refractivity contribution in [1.29, 1.82) is 0 Å². The van der Waals surface area contributed by atoms with Gasteiger partial charge in [0.2, 0.25) is 5.91 Å². The highest BCUT2D eigenvalue weighted by atomic mass is 16.7. The molecule has 0 aromatic rings. The minimum Gasteiger partial charge on any atom is -0.466 e. The molecule has 11 nitrogen and oxygen atoms in total. The van der Waals surface area contributed by atoms with Crippen LogP contribution in [0, 0.1) is 0 Å². The molecule has 1 fully saturated rings. The van der Waals surface area contributed by atoms with Crippen molar-refractivity contribution in [2.24, 2.45) is 0 Å². The summed E-state index contributed by atoms with van der Waals surface area (Å²) >= 11 is 0. The summed E-state index contributed by atoms with van der Waals surface area (Å²) in [6.07, 6.45) is 60.2. The zero-order chi connectivity index (χ0) is 54.5. The molecule has 1 aliphatic rings. The van der Waals surface area contributed by atoms with Crippen molar-refractivity contribution < 1.29 is 49.3 Å². The van der Waals surface area contributed by atoms with Gasteiger partial charge in [-0.3, -0.25) is 9.59 Å². The number of nitrogens with one attached hydrogen (secondary N) is 1. The number of hydrogen-bond acceptors (Lipinski definition) is 10. The Kier molecular flexibility index (Phi) is 49.7. The summed E-state index contributed by atoms with van der Waals surface area (Å²) in [6.45, 7) is 4.19. The van der Waals surface area contributed by atoms with E-state index in [0.29, 0.717) is 19.4 Å². The molecule has 1 saturated heterocycles. The Balaban J connectivity index is 2.01. The van der Waals surface area contributed by atoms with Crippen molar-refractivity contribution in [3.8, 4) is 0 Å². The number of carbonyl (C=O) groups is 2. The Bertz CT molecular complexity index is 1470. The lowest BCUT2D eigenvalue weighted by Crippen LogP contribution is -2.60. The smallest absolute Gasteiger partial charge is 0.305 e. The third kappa shape index (κ3) is 42.8. The molecule has 0 spiro atoms. The van der Waals surface area contributed by atoms with Crippen LogP contribution in [0.15, 0.2) is 72.9 Å². The van der Waals surface area contributed by atoms with Gasteiger partial charge in [0.1, 0.15) is 24.4 Å². The Morgan fingerprint density at radius 3 is 1.45 bits per heavy atom. The van der Waals surface area contributed by atoms with E-state index in [1.165, 1.54) is 135 Å². The van der Waals surface area contributed by atoms with Gasteiger partial charge in [-0.25, -0.2) is 0 Å². The monoisotopic (exact) mass is 1060 g/mol. The number of aliphatic hydroxyl groups excluding tert-OH is 5. The predicted molar refractivity (Wildman–Crippen MR) is 310 cm³/mol. The lowest BCUT2D eigenvalue weighted by atomic mass is 9.99. The topological polar surface area (TPSA) is 175 Å².